The lowest BCUT2D eigenvalue weighted by atomic mass is 10.1. The second-order valence-electron chi connectivity index (χ2n) is 4.48. The van der Waals surface area contributed by atoms with Gasteiger partial charge in [0.2, 0.25) is 0 Å². The molecule has 0 aromatic heterocycles. The van der Waals surface area contributed by atoms with Crippen molar-refractivity contribution in [3.63, 3.8) is 0 Å². The van der Waals surface area contributed by atoms with Crippen LogP contribution < -0.4 is 10.5 Å². The summed E-state index contributed by atoms with van der Waals surface area (Å²) in [5, 5.41) is 0. The van der Waals surface area contributed by atoms with Gasteiger partial charge in [-0.3, -0.25) is 0 Å². The number of alkyl halides is 3. The molecule has 94 valence electrons. The Kier molecular flexibility index (Phi) is 3.03. The number of benzene rings is 1. The number of hydrogen-bond donors (Lipinski definition) is 1. The standard InChI is InChI=1S/C12H14F3NO/c1-7(16)10-6-11(10)8-2-4-9(5-3-8)17-12(13,14)15/h2-5,7,10-11H,6,16H2,1H3. The van der Waals surface area contributed by atoms with Crippen molar-refractivity contribution >= 4 is 0 Å². The van der Waals surface area contributed by atoms with E-state index in [1.54, 1.807) is 12.1 Å². The zero-order chi connectivity index (χ0) is 12.6. The Morgan fingerprint density at radius 1 is 1.29 bits per heavy atom. The van der Waals surface area contributed by atoms with Crippen LogP contribution in [0.5, 0.6) is 5.75 Å². The van der Waals surface area contributed by atoms with Crippen LogP contribution in [-0.4, -0.2) is 12.4 Å². The van der Waals surface area contributed by atoms with Gasteiger partial charge >= 0.3 is 6.36 Å². The van der Waals surface area contributed by atoms with Crippen molar-refractivity contribution in [2.75, 3.05) is 0 Å². The molecule has 3 unspecified atom stereocenters. The van der Waals surface area contributed by atoms with Crippen molar-refractivity contribution in [1.82, 2.24) is 0 Å². The maximum Gasteiger partial charge on any atom is 0.573 e. The highest BCUT2D eigenvalue weighted by atomic mass is 19.4. The number of nitrogens with two attached hydrogens (primary N) is 1. The fourth-order valence-corrected chi connectivity index (χ4v) is 2.10. The molecule has 1 aromatic rings. The average molecular weight is 245 g/mol. The van der Waals surface area contributed by atoms with Gasteiger partial charge in [0.1, 0.15) is 5.75 Å². The van der Waals surface area contributed by atoms with E-state index in [1.165, 1.54) is 12.1 Å². The summed E-state index contributed by atoms with van der Waals surface area (Å²) in [6.45, 7) is 1.95. The summed E-state index contributed by atoms with van der Waals surface area (Å²) in [4.78, 5) is 0. The average Bonchev–Trinajstić information content (AvgIpc) is 2.96. The van der Waals surface area contributed by atoms with Crippen LogP contribution in [0.4, 0.5) is 13.2 Å². The normalized spacial score (nSPS) is 25.5. The summed E-state index contributed by atoms with van der Waals surface area (Å²) in [6, 6.07) is 6.17. The van der Waals surface area contributed by atoms with E-state index in [0.29, 0.717) is 11.8 Å². The van der Waals surface area contributed by atoms with Gasteiger partial charge in [0.25, 0.3) is 0 Å². The number of halogens is 3. The van der Waals surface area contributed by atoms with Gasteiger partial charge < -0.3 is 10.5 Å². The van der Waals surface area contributed by atoms with E-state index in [-0.39, 0.29) is 11.8 Å². The summed E-state index contributed by atoms with van der Waals surface area (Å²) in [5.74, 6) is 0.651. The minimum atomic E-state index is -4.63. The van der Waals surface area contributed by atoms with Gasteiger partial charge in [0, 0.05) is 6.04 Å². The predicted molar refractivity (Wildman–Crippen MR) is 57.6 cm³/mol. The van der Waals surface area contributed by atoms with Gasteiger partial charge in [-0.15, -0.1) is 13.2 Å². The Bertz CT molecular complexity index is 386. The van der Waals surface area contributed by atoms with Crippen molar-refractivity contribution in [2.45, 2.75) is 31.7 Å². The second-order valence-corrected chi connectivity index (χ2v) is 4.48. The fourth-order valence-electron chi connectivity index (χ4n) is 2.10. The van der Waals surface area contributed by atoms with Crippen LogP contribution in [0, 0.1) is 5.92 Å². The van der Waals surface area contributed by atoms with E-state index < -0.39 is 6.36 Å². The van der Waals surface area contributed by atoms with Crippen LogP contribution in [0.25, 0.3) is 0 Å². The quantitative estimate of drug-likeness (QED) is 0.888. The molecule has 1 fully saturated rings. The summed E-state index contributed by atoms with van der Waals surface area (Å²) < 4.78 is 39.6. The molecule has 2 nitrogen and oxygen atoms in total. The lowest BCUT2D eigenvalue weighted by Crippen LogP contribution is -2.18. The molecule has 0 amide bonds. The first kappa shape index (κ1) is 12.2. The molecule has 0 radical (unpaired) electrons. The van der Waals surface area contributed by atoms with E-state index in [4.69, 9.17) is 5.73 Å². The molecule has 2 N–H and O–H groups in total. The third kappa shape index (κ3) is 3.12. The van der Waals surface area contributed by atoms with Gasteiger partial charge in [0.15, 0.2) is 0 Å². The minimum Gasteiger partial charge on any atom is -0.406 e. The molecular formula is C12H14F3NO. The first-order chi connectivity index (χ1) is 7.87. The zero-order valence-electron chi connectivity index (χ0n) is 9.37. The monoisotopic (exact) mass is 245 g/mol. The van der Waals surface area contributed by atoms with Gasteiger partial charge in [-0.1, -0.05) is 12.1 Å². The van der Waals surface area contributed by atoms with Crippen LogP contribution in [0.15, 0.2) is 24.3 Å². The van der Waals surface area contributed by atoms with Crippen LogP contribution in [0.1, 0.15) is 24.8 Å². The molecule has 5 heteroatoms. The van der Waals surface area contributed by atoms with Gasteiger partial charge in [-0.25, -0.2) is 0 Å². The molecule has 0 heterocycles. The van der Waals surface area contributed by atoms with Crippen molar-refractivity contribution in [1.29, 1.82) is 0 Å². The van der Waals surface area contributed by atoms with Crippen molar-refractivity contribution < 1.29 is 17.9 Å². The largest absolute Gasteiger partial charge is 0.573 e. The summed E-state index contributed by atoms with van der Waals surface area (Å²) in [7, 11) is 0. The van der Waals surface area contributed by atoms with Crippen molar-refractivity contribution in [3.05, 3.63) is 29.8 Å². The van der Waals surface area contributed by atoms with Crippen LogP contribution >= 0.6 is 0 Å². The number of hydrogen-bond acceptors (Lipinski definition) is 2. The van der Waals surface area contributed by atoms with Gasteiger partial charge in [0.05, 0.1) is 0 Å². The highest BCUT2D eigenvalue weighted by molar-refractivity contribution is 5.33. The van der Waals surface area contributed by atoms with E-state index in [2.05, 4.69) is 4.74 Å². The Labute approximate surface area is 97.6 Å². The third-order valence-corrected chi connectivity index (χ3v) is 3.06. The molecule has 17 heavy (non-hydrogen) atoms. The summed E-state index contributed by atoms with van der Waals surface area (Å²) in [5.41, 5.74) is 6.79. The van der Waals surface area contributed by atoms with Gasteiger partial charge in [-0.2, -0.15) is 0 Å². The molecular weight excluding hydrogens is 231 g/mol. The van der Waals surface area contributed by atoms with E-state index >= 15 is 0 Å². The second kappa shape index (κ2) is 4.22. The number of ether oxygens (including phenoxy) is 1. The molecule has 1 aliphatic rings. The maximum atomic E-state index is 11.9. The Morgan fingerprint density at radius 2 is 1.88 bits per heavy atom. The highest BCUT2D eigenvalue weighted by Crippen LogP contribution is 2.49. The highest BCUT2D eigenvalue weighted by Gasteiger charge is 2.40. The van der Waals surface area contributed by atoms with Gasteiger partial charge in [-0.05, 0) is 42.9 Å². The SMILES string of the molecule is CC(N)C1CC1c1ccc(OC(F)(F)F)cc1. The Balaban J connectivity index is 2.00. The molecule has 0 saturated heterocycles. The van der Waals surface area contributed by atoms with E-state index in [0.717, 1.165) is 12.0 Å². The van der Waals surface area contributed by atoms with Crippen molar-refractivity contribution in [2.24, 2.45) is 11.7 Å². The van der Waals surface area contributed by atoms with Crippen molar-refractivity contribution in [3.8, 4) is 5.75 Å². The van der Waals surface area contributed by atoms with E-state index in [1.807, 2.05) is 6.92 Å². The van der Waals surface area contributed by atoms with Crippen LogP contribution in [0.2, 0.25) is 0 Å². The maximum absolute atomic E-state index is 11.9. The first-order valence-electron chi connectivity index (χ1n) is 5.48. The van der Waals surface area contributed by atoms with E-state index in [9.17, 15) is 13.2 Å². The number of rotatable bonds is 3. The third-order valence-electron chi connectivity index (χ3n) is 3.06. The summed E-state index contributed by atoms with van der Waals surface area (Å²) >= 11 is 0. The topological polar surface area (TPSA) is 35.2 Å². The smallest absolute Gasteiger partial charge is 0.406 e. The lowest BCUT2D eigenvalue weighted by molar-refractivity contribution is -0.274. The Morgan fingerprint density at radius 3 is 2.29 bits per heavy atom. The minimum absolute atomic E-state index is 0.131. The molecule has 3 atom stereocenters. The van der Waals surface area contributed by atoms with Crippen LogP contribution in [-0.2, 0) is 0 Å². The molecule has 0 aliphatic heterocycles. The zero-order valence-corrected chi connectivity index (χ0v) is 9.37. The fraction of sp³-hybridized carbons (Fsp3) is 0.500. The molecule has 2 rings (SSSR count). The molecule has 1 aliphatic carbocycles. The van der Waals surface area contributed by atoms with Crippen LogP contribution in [0.3, 0.4) is 0 Å². The molecule has 0 spiro atoms. The molecule has 0 bridgehead atoms. The lowest BCUT2D eigenvalue weighted by Gasteiger charge is -2.09. The predicted octanol–water partition coefficient (Wildman–Crippen LogP) is 3.04. The molecule has 1 saturated carbocycles. The molecule has 1 aromatic carbocycles. The summed E-state index contributed by atoms with van der Waals surface area (Å²) in [6.07, 6.45) is -3.62. The Hall–Kier alpha value is -1.23. The first-order valence-corrected chi connectivity index (χ1v) is 5.48.